The Bertz CT molecular complexity index is 803. The third-order valence-corrected chi connectivity index (χ3v) is 4.68. The van der Waals surface area contributed by atoms with Gasteiger partial charge in [-0.3, -0.25) is 9.79 Å². The van der Waals surface area contributed by atoms with E-state index in [2.05, 4.69) is 27.8 Å². The summed E-state index contributed by atoms with van der Waals surface area (Å²) in [5.74, 6) is 0.527. The average Bonchev–Trinajstić information content (AvgIpc) is 3.13. The number of nitrogens with one attached hydrogen (secondary N) is 2. The monoisotopic (exact) mass is 496 g/mol. The van der Waals surface area contributed by atoms with Crippen LogP contribution in [0.25, 0.3) is 0 Å². The fourth-order valence-corrected chi connectivity index (χ4v) is 3.16. The summed E-state index contributed by atoms with van der Waals surface area (Å²) < 4.78 is 13.6. The van der Waals surface area contributed by atoms with E-state index in [1.54, 1.807) is 25.2 Å². The van der Waals surface area contributed by atoms with Crippen LogP contribution in [0.3, 0.4) is 0 Å². The normalized spacial score (nSPS) is 12.9. The molecule has 5 nitrogen and oxygen atoms in total. The van der Waals surface area contributed by atoms with Gasteiger partial charge in [0, 0.05) is 45.2 Å². The van der Waals surface area contributed by atoms with E-state index < -0.39 is 0 Å². The summed E-state index contributed by atoms with van der Waals surface area (Å²) in [5.41, 5.74) is 3.06. The van der Waals surface area contributed by atoms with Crippen LogP contribution in [-0.2, 0) is 24.4 Å². The molecule has 150 valence electrons. The van der Waals surface area contributed by atoms with Gasteiger partial charge in [-0.15, -0.1) is 24.0 Å². The van der Waals surface area contributed by atoms with Gasteiger partial charge in [0.25, 0.3) is 0 Å². The van der Waals surface area contributed by atoms with Gasteiger partial charge in [0.1, 0.15) is 5.82 Å². The summed E-state index contributed by atoms with van der Waals surface area (Å²) in [6, 6.07) is 14.8. The first kappa shape index (κ1) is 22.1. The van der Waals surface area contributed by atoms with Crippen molar-refractivity contribution < 1.29 is 9.18 Å². The van der Waals surface area contributed by atoms with Crippen LogP contribution in [0.2, 0.25) is 0 Å². The molecule has 1 heterocycles. The molecule has 28 heavy (non-hydrogen) atoms. The largest absolute Gasteiger partial charge is 0.356 e. The number of fused-ring (bicyclic) bond motifs is 1. The summed E-state index contributed by atoms with van der Waals surface area (Å²) >= 11 is 0. The molecule has 0 atom stereocenters. The molecule has 0 spiro atoms. The molecule has 0 unspecified atom stereocenters. The third-order valence-electron chi connectivity index (χ3n) is 4.68. The molecule has 2 aromatic rings. The van der Waals surface area contributed by atoms with Crippen molar-refractivity contribution in [2.24, 2.45) is 4.99 Å². The molecule has 1 aliphatic rings. The van der Waals surface area contributed by atoms with Crippen molar-refractivity contribution in [1.82, 2.24) is 15.5 Å². The van der Waals surface area contributed by atoms with E-state index in [1.807, 2.05) is 17.0 Å². The fourth-order valence-electron chi connectivity index (χ4n) is 3.16. The van der Waals surface area contributed by atoms with E-state index in [-0.39, 0.29) is 35.7 Å². The molecule has 0 radical (unpaired) electrons. The number of benzene rings is 2. The quantitative estimate of drug-likeness (QED) is 0.279. The van der Waals surface area contributed by atoms with Gasteiger partial charge in [0.15, 0.2) is 5.96 Å². The highest BCUT2D eigenvalue weighted by atomic mass is 127. The number of halogens is 2. The Morgan fingerprint density at radius 1 is 1.07 bits per heavy atom. The summed E-state index contributed by atoms with van der Waals surface area (Å²) in [6.45, 7) is 2.39. The molecule has 7 heteroatoms. The van der Waals surface area contributed by atoms with Gasteiger partial charge < -0.3 is 15.5 Å². The van der Waals surface area contributed by atoms with Crippen LogP contribution in [0.4, 0.5) is 4.39 Å². The summed E-state index contributed by atoms with van der Waals surface area (Å²) in [7, 11) is 1.67. The lowest BCUT2D eigenvalue weighted by molar-refractivity contribution is -0.131. The molecule has 0 saturated carbocycles. The van der Waals surface area contributed by atoms with E-state index in [0.29, 0.717) is 50.5 Å². The highest BCUT2D eigenvalue weighted by Gasteiger charge is 2.22. The third kappa shape index (κ3) is 5.92. The molecule has 2 aromatic carbocycles. The van der Waals surface area contributed by atoms with Gasteiger partial charge in [-0.2, -0.15) is 0 Å². The molecular weight excluding hydrogens is 470 g/mol. The van der Waals surface area contributed by atoms with Crippen molar-refractivity contribution in [2.45, 2.75) is 32.5 Å². The van der Waals surface area contributed by atoms with Gasteiger partial charge in [0.2, 0.25) is 5.91 Å². The number of rotatable bonds is 6. The predicted molar refractivity (Wildman–Crippen MR) is 120 cm³/mol. The van der Waals surface area contributed by atoms with Gasteiger partial charge in [-0.1, -0.05) is 42.5 Å². The van der Waals surface area contributed by atoms with Crippen molar-refractivity contribution in [3.8, 4) is 0 Å². The number of carbonyl (C=O) groups is 1. The van der Waals surface area contributed by atoms with Crippen LogP contribution in [0, 0.1) is 5.82 Å². The Hall–Kier alpha value is -2.16. The van der Waals surface area contributed by atoms with Gasteiger partial charge in [-0.25, -0.2) is 4.39 Å². The lowest BCUT2D eigenvalue weighted by atomic mass is 10.1. The molecule has 2 N–H and O–H groups in total. The van der Waals surface area contributed by atoms with E-state index in [9.17, 15) is 9.18 Å². The summed E-state index contributed by atoms with van der Waals surface area (Å²) in [6.07, 6.45) is 1.21. The Morgan fingerprint density at radius 3 is 2.36 bits per heavy atom. The zero-order valence-electron chi connectivity index (χ0n) is 16.0. The fraction of sp³-hybridized carbons (Fsp3) is 0.333. The minimum absolute atomic E-state index is 0. The van der Waals surface area contributed by atoms with E-state index >= 15 is 0 Å². The second-order valence-electron chi connectivity index (χ2n) is 6.57. The van der Waals surface area contributed by atoms with E-state index in [0.717, 1.165) is 0 Å². The van der Waals surface area contributed by atoms with Crippen LogP contribution in [0.5, 0.6) is 0 Å². The molecule has 0 bridgehead atoms. The molecule has 0 aromatic heterocycles. The standard InChI is InChI=1S/C21H25FN4O.HI/c1-23-21(25-13-16-7-4-5-10-19(16)22)24-12-6-11-20(27)26-14-17-8-2-3-9-18(17)15-26;/h2-5,7-10H,6,11-15H2,1H3,(H2,23,24,25);1H. The van der Waals surface area contributed by atoms with Crippen molar-refractivity contribution in [2.75, 3.05) is 13.6 Å². The SMILES string of the molecule is CN=C(NCCCC(=O)N1Cc2ccccc2C1)NCc1ccccc1F.I. The van der Waals surface area contributed by atoms with Crippen molar-refractivity contribution in [1.29, 1.82) is 0 Å². The zero-order valence-corrected chi connectivity index (χ0v) is 18.3. The Balaban J connectivity index is 0.00000280. The molecule has 3 rings (SSSR count). The van der Waals surface area contributed by atoms with Crippen LogP contribution >= 0.6 is 24.0 Å². The number of amides is 1. The molecule has 0 aliphatic carbocycles. The van der Waals surface area contributed by atoms with Crippen LogP contribution in [0.1, 0.15) is 29.5 Å². The van der Waals surface area contributed by atoms with Crippen molar-refractivity contribution in [3.63, 3.8) is 0 Å². The Morgan fingerprint density at radius 2 is 1.71 bits per heavy atom. The lowest BCUT2D eigenvalue weighted by Gasteiger charge is -2.16. The zero-order chi connectivity index (χ0) is 19.1. The lowest BCUT2D eigenvalue weighted by Crippen LogP contribution is -2.37. The molecule has 1 amide bonds. The molecule has 0 saturated heterocycles. The topological polar surface area (TPSA) is 56.7 Å². The first-order valence-electron chi connectivity index (χ1n) is 9.20. The smallest absolute Gasteiger partial charge is 0.223 e. The number of carbonyl (C=O) groups excluding carboxylic acids is 1. The maximum Gasteiger partial charge on any atom is 0.223 e. The van der Waals surface area contributed by atoms with E-state index in [4.69, 9.17) is 0 Å². The molecular formula is C21H26FIN4O. The number of guanidine groups is 1. The van der Waals surface area contributed by atoms with E-state index in [1.165, 1.54) is 17.2 Å². The number of aliphatic imine (C=N–C) groups is 1. The molecule has 0 fully saturated rings. The Labute approximate surface area is 182 Å². The minimum Gasteiger partial charge on any atom is -0.356 e. The van der Waals surface area contributed by atoms with Gasteiger partial charge in [-0.05, 0) is 23.6 Å². The second kappa shape index (κ2) is 11.0. The highest BCUT2D eigenvalue weighted by molar-refractivity contribution is 14.0. The maximum absolute atomic E-state index is 13.6. The predicted octanol–water partition coefficient (Wildman–Crippen LogP) is 3.43. The van der Waals surface area contributed by atoms with Gasteiger partial charge >= 0.3 is 0 Å². The van der Waals surface area contributed by atoms with Crippen molar-refractivity contribution in [3.05, 3.63) is 71.0 Å². The summed E-state index contributed by atoms with van der Waals surface area (Å²) in [5, 5.41) is 6.25. The minimum atomic E-state index is -0.238. The van der Waals surface area contributed by atoms with Crippen LogP contribution in [-0.4, -0.2) is 30.4 Å². The average molecular weight is 496 g/mol. The number of hydrogen-bond donors (Lipinski definition) is 2. The highest BCUT2D eigenvalue weighted by Crippen LogP contribution is 2.22. The number of hydrogen-bond acceptors (Lipinski definition) is 2. The number of nitrogens with zero attached hydrogens (tertiary/aromatic N) is 2. The van der Waals surface area contributed by atoms with Crippen LogP contribution < -0.4 is 10.6 Å². The summed E-state index contributed by atoms with van der Waals surface area (Å²) in [4.78, 5) is 18.4. The van der Waals surface area contributed by atoms with Crippen molar-refractivity contribution >= 4 is 35.8 Å². The first-order chi connectivity index (χ1) is 13.2. The molecule has 1 aliphatic heterocycles. The Kier molecular flexibility index (Phi) is 8.69. The van der Waals surface area contributed by atoms with Crippen LogP contribution in [0.15, 0.2) is 53.5 Å². The first-order valence-corrected chi connectivity index (χ1v) is 9.20. The maximum atomic E-state index is 13.6. The second-order valence-corrected chi connectivity index (χ2v) is 6.57. The van der Waals surface area contributed by atoms with Gasteiger partial charge in [0.05, 0.1) is 0 Å².